The third-order valence-corrected chi connectivity index (χ3v) is 10.7. The third-order valence-electron chi connectivity index (χ3n) is 8.12. The van der Waals surface area contributed by atoms with Gasteiger partial charge in [-0.15, -0.1) is 23.1 Å². The van der Waals surface area contributed by atoms with Gasteiger partial charge in [-0.2, -0.15) is 5.26 Å². The Balaban J connectivity index is 1.18. The number of thioether (sulfide) groups is 1. The summed E-state index contributed by atoms with van der Waals surface area (Å²) in [5.41, 5.74) is 6.01. The fourth-order valence-corrected chi connectivity index (χ4v) is 8.35. The first-order valence-electron chi connectivity index (χ1n) is 15.3. The number of benzene rings is 4. The summed E-state index contributed by atoms with van der Waals surface area (Å²) in [4.78, 5) is 27.7. The molecule has 0 saturated carbocycles. The number of carbonyl (C=O) groups excluding carboxylic acids is 2. The first-order chi connectivity index (χ1) is 22.9. The predicted molar refractivity (Wildman–Crippen MR) is 197 cm³/mol. The number of thiophene rings is 1. The van der Waals surface area contributed by atoms with Crippen LogP contribution in [0.3, 0.4) is 0 Å². The van der Waals surface area contributed by atoms with Crippen LogP contribution in [0.2, 0.25) is 0 Å². The van der Waals surface area contributed by atoms with Crippen molar-refractivity contribution in [2.75, 3.05) is 16.0 Å². The number of rotatable bonds is 9. The van der Waals surface area contributed by atoms with Crippen LogP contribution in [0, 0.1) is 11.3 Å². The van der Waals surface area contributed by atoms with Gasteiger partial charge in [-0.1, -0.05) is 66.7 Å². The maximum absolute atomic E-state index is 14.0. The molecule has 1 amide bonds. The quantitative estimate of drug-likeness (QED) is 0.0816. The average Bonchev–Trinajstić information content (AvgIpc) is 3.44. The van der Waals surface area contributed by atoms with Gasteiger partial charge < -0.3 is 16.0 Å². The normalized spacial score (nSPS) is 14.3. The number of ketones is 1. The molecule has 3 N–H and O–H groups in total. The van der Waals surface area contributed by atoms with E-state index in [9.17, 15) is 14.9 Å². The monoisotopic (exact) mass is 672 g/mol. The minimum Gasteiger partial charge on any atom is -0.332 e. The summed E-state index contributed by atoms with van der Waals surface area (Å²) in [6.07, 6.45) is 2.67. The maximum Gasteiger partial charge on any atom is 0.243 e. The summed E-state index contributed by atoms with van der Waals surface area (Å²) in [5, 5.41) is 20.1. The van der Waals surface area contributed by atoms with Crippen LogP contribution in [0.1, 0.15) is 62.0 Å². The Morgan fingerprint density at radius 3 is 2.30 bits per heavy atom. The molecule has 4 aromatic carbocycles. The Morgan fingerprint density at radius 1 is 0.894 bits per heavy atom. The second kappa shape index (κ2) is 14.8. The van der Waals surface area contributed by atoms with Gasteiger partial charge >= 0.3 is 0 Å². The number of nitriles is 1. The van der Waals surface area contributed by atoms with E-state index in [0.29, 0.717) is 27.2 Å². The lowest BCUT2D eigenvalue weighted by Gasteiger charge is -2.22. The molecular weight excluding hydrogens is 641 g/mol. The van der Waals surface area contributed by atoms with Crippen LogP contribution in [0.5, 0.6) is 0 Å². The molecule has 6 nitrogen and oxygen atoms in total. The van der Waals surface area contributed by atoms with Crippen LogP contribution in [-0.2, 0) is 17.6 Å². The van der Waals surface area contributed by atoms with Gasteiger partial charge in [-0.25, -0.2) is 0 Å². The molecule has 9 heteroatoms. The van der Waals surface area contributed by atoms with Crippen molar-refractivity contribution in [3.63, 3.8) is 0 Å². The number of hydrogen-bond donors (Lipinski definition) is 3. The number of Topliss-reactive ketones (excluding diaryl/α,β-unsaturated/α-hetero) is 1. The van der Waals surface area contributed by atoms with E-state index in [-0.39, 0.29) is 11.7 Å². The lowest BCUT2D eigenvalue weighted by molar-refractivity contribution is -0.115. The second-order valence-corrected chi connectivity index (χ2v) is 14.0. The molecule has 0 fully saturated rings. The predicted octanol–water partition coefficient (Wildman–Crippen LogP) is 9.38. The molecule has 5 aromatic rings. The van der Waals surface area contributed by atoms with Gasteiger partial charge in [-0.3, -0.25) is 9.59 Å². The number of amides is 1. The molecule has 1 aromatic heterocycles. The van der Waals surface area contributed by atoms with E-state index in [4.69, 9.17) is 12.2 Å². The lowest BCUT2D eigenvalue weighted by atomic mass is 9.83. The number of hydrogen-bond acceptors (Lipinski definition) is 6. The fraction of sp³-hybridized carbons (Fsp3) is 0.158. The van der Waals surface area contributed by atoms with E-state index in [1.807, 2.05) is 72.8 Å². The largest absolute Gasteiger partial charge is 0.332 e. The van der Waals surface area contributed by atoms with E-state index >= 15 is 0 Å². The van der Waals surface area contributed by atoms with Crippen LogP contribution in [0.4, 0.5) is 16.4 Å². The lowest BCUT2D eigenvalue weighted by Crippen LogP contribution is -2.19. The number of nitrogens with zero attached hydrogens (tertiary/aromatic N) is 1. The topological polar surface area (TPSA) is 94.0 Å². The fourth-order valence-electron chi connectivity index (χ4n) is 5.75. The van der Waals surface area contributed by atoms with Crippen molar-refractivity contribution in [2.45, 2.75) is 42.2 Å². The van der Waals surface area contributed by atoms with Crippen molar-refractivity contribution in [1.82, 2.24) is 0 Å². The molecule has 2 unspecified atom stereocenters. The van der Waals surface area contributed by atoms with Gasteiger partial charge in [0.15, 0.2) is 10.9 Å². The zero-order valence-corrected chi connectivity index (χ0v) is 28.1. The van der Waals surface area contributed by atoms with Crippen LogP contribution < -0.4 is 16.0 Å². The Kier molecular flexibility index (Phi) is 10.1. The molecule has 2 atom stereocenters. The second-order valence-electron chi connectivity index (χ2n) is 11.3. The molecule has 0 saturated heterocycles. The number of nitrogens with one attached hydrogen (secondary N) is 3. The SMILES string of the molecule is CC(=O)c1ccc(NC(=S)Nc2cccc(SC(C(=O)Nc3sc4c(c3C#N)CCC(c3ccccc3)C4)c3ccccc3)c2)cc1. The molecule has 1 heterocycles. The summed E-state index contributed by atoms with van der Waals surface area (Å²) < 4.78 is 0. The molecule has 0 bridgehead atoms. The highest BCUT2D eigenvalue weighted by molar-refractivity contribution is 8.00. The molecule has 47 heavy (non-hydrogen) atoms. The number of anilines is 3. The summed E-state index contributed by atoms with van der Waals surface area (Å²) in [6, 6.07) is 37.5. The van der Waals surface area contributed by atoms with E-state index in [1.54, 1.807) is 12.1 Å². The highest BCUT2D eigenvalue weighted by Crippen LogP contribution is 2.43. The van der Waals surface area contributed by atoms with Crippen molar-refractivity contribution in [1.29, 1.82) is 5.26 Å². The van der Waals surface area contributed by atoms with Crippen LogP contribution in [0.25, 0.3) is 0 Å². The molecular formula is C38H32N4O2S3. The number of carbonyl (C=O) groups is 2. The smallest absolute Gasteiger partial charge is 0.243 e. The van der Waals surface area contributed by atoms with Gasteiger partial charge in [0.1, 0.15) is 16.3 Å². The van der Waals surface area contributed by atoms with E-state index < -0.39 is 5.25 Å². The Bertz CT molecular complexity index is 1950. The molecule has 1 aliphatic carbocycles. The van der Waals surface area contributed by atoms with Gasteiger partial charge in [0.25, 0.3) is 0 Å². The zero-order valence-electron chi connectivity index (χ0n) is 25.7. The van der Waals surface area contributed by atoms with Gasteiger partial charge in [0.05, 0.1) is 5.56 Å². The van der Waals surface area contributed by atoms with Gasteiger partial charge in [0, 0.05) is 26.7 Å². The molecule has 1 aliphatic rings. The first-order valence-corrected chi connectivity index (χ1v) is 17.4. The summed E-state index contributed by atoms with van der Waals surface area (Å²) in [5.74, 6) is 0.229. The zero-order chi connectivity index (χ0) is 32.8. The minimum atomic E-state index is -0.556. The van der Waals surface area contributed by atoms with Crippen molar-refractivity contribution in [2.24, 2.45) is 0 Å². The Labute approximate surface area is 288 Å². The molecule has 0 radical (unpaired) electrons. The van der Waals surface area contributed by atoms with Crippen LogP contribution in [0.15, 0.2) is 114 Å². The van der Waals surface area contributed by atoms with Crippen LogP contribution in [-0.4, -0.2) is 16.8 Å². The molecule has 0 spiro atoms. The number of thiocarbonyl (C=S) groups is 1. The number of fused-ring (bicyclic) bond motifs is 1. The van der Waals surface area contributed by atoms with Crippen LogP contribution >= 0.6 is 35.3 Å². The van der Waals surface area contributed by atoms with Crippen molar-refractivity contribution in [3.05, 3.63) is 142 Å². The molecule has 234 valence electrons. The van der Waals surface area contributed by atoms with Crippen molar-refractivity contribution >= 4 is 68.5 Å². The van der Waals surface area contributed by atoms with E-state index in [1.165, 1.54) is 40.5 Å². The van der Waals surface area contributed by atoms with Crippen molar-refractivity contribution in [3.8, 4) is 6.07 Å². The van der Waals surface area contributed by atoms with E-state index in [2.05, 4.69) is 46.3 Å². The molecule has 6 rings (SSSR count). The summed E-state index contributed by atoms with van der Waals surface area (Å²) >= 11 is 8.51. The van der Waals surface area contributed by atoms with Crippen molar-refractivity contribution < 1.29 is 9.59 Å². The maximum atomic E-state index is 14.0. The highest BCUT2D eigenvalue weighted by Gasteiger charge is 2.29. The highest BCUT2D eigenvalue weighted by atomic mass is 32.2. The third kappa shape index (κ3) is 7.80. The van der Waals surface area contributed by atoms with Gasteiger partial charge in [0.2, 0.25) is 5.91 Å². The minimum absolute atomic E-state index is 0.00560. The summed E-state index contributed by atoms with van der Waals surface area (Å²) in [6.45, 7) is 1.53. The van der Waals surface area contributed by atoms with E-state index in [0.717, 1.165) is 46.7 Å². The molecule has 0 aliphatic heterocycles. The first kappa shape index (κ1) is 32.2. The average molecular weight is 673 g/mol. The van der Waals surface area contributed by atoms with Gasteiger partial charge in [-0.05, 0) is 103 Å². The Hall–Kier alpha value is -4.75. The standard InChI is InChI=1S/C38H32N4O2S3/c1-24(43)25-15-18-29(19-16-25)40-38(45)41-30-13-8-14-31(22-30)46-35(27-11-6-3-7-12-27)36(44)42-37-33(23-39)32-20-17-28(21-34(32)47-37)26-9-4-2-5-10-26/h2-16,18-19,22,28,35H,17,20-21H2,1H3,(H,42,44)(H2,40,41,45). The summed E-state index contributed by atoms with van der Waals surface area (Å²) in [7, 11) is 0. The Morgan fingerprint density at radius 2 is 1.60 bits per heavy atom.